The highest BCUT2D eigenvalue weighted by atomic mass is 16.5. The first-order valence-corrected chi connectivity index (χ1v) is 5.56. The van der Waals surface area contributed by atoms with Gasteiger partial charge in [-0.05, 0) is 31.6 Å². The lowest BCUT2D eigenvalue weighted by Gasteiger charge is -2.06. The van der Waals surface area contributed by atoms with Crippen LogP contribution in [0.1, 0.15) is 39.0 Å². The van der Waals surface area contributed by atoms with Gasteiger partial charge >= 0.3 is 5.97 Å². The maximum absolute atomic E-state index is 10.8. The third-order valence-corrected chi connectivity index (χ3v) is 2.58. The Labute approximate surface area is 85.8 Å². The largest absolute Gasteiger partial charge is 0.466 e. The van der Waals surface area contributed by atoms with E-state index in [0.717, 1.165) is 32.0 Å². The molecule has 0 N–H and O–H groups in total. The Morgan fingerprint density at radius 3 is 3.00 bits per heavy atom. The van der Waals surface area contributed by atoms with Crippen molar-refractivity contribution in [3.05, 3.63) is 0 Å². The third kappa shape index (κ3) is 4.61. The van der Waals surface area contributed by atoms with E-state index in [0.29, 0.717) is 13.0 Å². The molecule has 1 fully saturated rings. The summed E-state index contributed by atoms with van der Waals surface area (Å²) in [5, 5.41) is 0. The van der Waals surface area contributed by atoms with E-state index in [9.17, 15) is 4.79 Å². The molecule has 0 aromatic rings. The van der Waals surface area contributed by atoms with E-state index < -0.39 is 0 Å². The van der Waals surface area contributed by atoms with Gasteiger partial charge in [-0.1, -0.05) is 6.92 Å². The number of rotatable bonds is 6. The molecule has 3 heteroatoms. The molecule has 3 nitrogen and oxygen atoms in total. The normalized spacial score (nSPS) is 21.1. The van der Waals surface area contributed by atoms with Gasteiger partial charge in [0.1, 0.15) is 0 Å². The molecule has 1 aliphatic heterocycles. The first kappa shape index (κ1) is 11.5. The van der Waals surface area contributed by atoms with Gasteiger partial charge in [0.25, 0.3) is 0 Å². The summed E-state index contributed by atoms with van der Waals surface area (Å²) in [6.07, 6.45) is 5.03. The Hall–Kier alpha value is -0.570. The SMILES string of the molecule is CCC(=O)OCCCCC1CCOC1. The molecule has 1 heterocycles. The van der Waals surface area contributed by atoms with Crippen LogP contribution in [0.5, 0.6) is 0 Å². The van der Waals surface area contributed by atoms with Crippen LogP contribution in [0, 0.1) is 5.92 Å². The minimum atomic E-state index is -0.0887. The van der Waals surface area contributed by atoms with Crippen LogP contribution in [-0.4, -0.2) is 25.8 Å². The number of ether oxygens (including phenoxy) is 2. The molecule has 82 valence electrons. The van der Waals surface area contributed by atoms with Crippen molar-refractivity contribution in [2.45, 2.75) is 39.0 Å². The summed E-state index contributed by atoms with van der Waals surface area (Å²) in [7, 11) is 0. The van der Waals surface area contributed by atoms with E-state index in [4.69, 9.17) is 9.47 Å². The lowest BCUT2D eigenvalue weighted by molar-refractivity contribution is -0.143. The molecule has 0 aromatic heterocycles. The molecule has 0 spiro atoms. The topological polar surface area (TPSA) is 35.5 Å². The van der Waals surface area contributed by atoms with Gasteiger partial charge in [-0.3, -0.25) is 4.79 Å². The van der Waals surface area contributed by atoms with Gasteiger partial charge in [-0.15, -0.1) is 0 Å². The zero-order valence-corrected chi connectivity index (χ0v) is 8.96. The van der Waals surface area contributed by atoms with Crippen molar-refractivity contribution in [3.8, 4) is 0 Å². The summed E-state index contributed by atoms with van der Waals surface area (Å²) in [6, 6.07) is 0. The van der Waals surface area contributed by atoms with Crippen LogP contribution >= 0.6 is 0 Å². The van der Waals surface area contributed by atoms with E-state index in [1.165, 1.54) is 12.8 Å². The van der Waals surface area contributed by atoms with Gasteiger partial charge < -0.3 is 9.47 Å². The molecular weight excluding hydrogens is 180 g/mol. The molecule has 14 heavy (non-hydrogen) atoms. The van der Waals surface area contributed by atoms with Crippen LogP contribution in [0.25, 0.3) is 0 Å². The smallest absolute Gasteiger partial charge is 0.305 e. The maximum atomic E-state index is 10.8. The molecule has 1 saturated heterocycles. The van der Waals surface area contributed by atoms with Gasteiger partial charge in [0.15, 0.2) is 0 Å². The van der Waals surface area contributed by atoms with Crippen LogP contribution in [-0.2, 0) is 14.3 Å². The molecule has 0 aliphatic carbocycles. The summed E-state index contributed by atoms with van der Waals surface area (Å²) in [6.45, 7) is 4.25. The second-order valence-electron chi connectivity index (χ2n) is 3.80. The Bertz CT molecular complexity index is 162. The number of carbonyl (C=O) groups is 1. The van der Waals surface area contributed by atoms with Crippen molar-refractivity contribution in [2.24, 2.45) is 5.92 Å². The van der Waals surface area contributed by atoms with E-state index in [2.05, 4.69) is 0 Å². The zero-order chi connectivity index (χ0) is 10.2. The van der Waals surface area contributed by atoms with Crippen molar-refractivity contribution in [1.82, 2.24) is 0 Å². The second kappa shape index (κ2) is 6.82. The first-order valence-electron chi connectivity index (χ1n) is 5.56. The monoisotopic (exact) mass is 200 g/mol. The molecule has 0 bridgehead atoms. The number of esters is 1. The quantitative estimate of drug-likeness (QED) is 0.487. The van der Waals surface area contributed by atoms with Crippen LogP contribution in [0.4, 0.5) is 0 Å². The highest BCUT2D eigenvalue weighted by molar-refractivity contribution is 5.68. The highest BCUT2D eigenvalue weighted by Gasteiger charge is 2.14. The lowest BCUT2D eigenvalue weighted by Crippen LogP contribution is -2.05. The summed E-state index contributed by atoms with van der Waals surface area (Å²) in [5.41, 5.74) is 0. The van der Waals surface area contributed by atoms with Crippen molar-refractivity contribution in [1.29, 1.82) is 0 Å². The minimum Gasteiger partial charge on any atom is -0.466 e. The lowest BCUT2D eigenvalue weighted by atomic mass is 10.0. The van der Waals surface area contributed by atoms with Crippen molar-refractivity contribution in [2.75, 3.05) is 19.8 Å². The van der Waals surface area contributed by atoms with Crippen LogP contribution < -0.4 is 0 Å². The molecule has 0 saturated carbocycles. The maximum Gasteiger partial charge on any atom is 0.305 e. The minimum absolute atomic E-state index is 0.0887. The molecule has 1 atom stereocenters. The Morgan fingerprint density at radius 1 is 1.50 bits per heavy atom. The molecule has 0 radical (unpaired) electrons. The summed E-state index contributed by atoms with van der Waals surface area (Å²) < 4.78 is 10.3. The van der Waals surface area contributed by atoms with E-state index in [-0.39, 0.29) is 5.97 Å². The Kier molecular flexibility index (Phi) is 5.60. The fourth-order valence-corrected chi connectivity index (χ4v) is 1.63. The zero-order valence-electron chi connectivity index (χ0n) is 8.96. The molecule has 1 rings (SSSR count). The van der Waals surface area contributed by atoms with Gasteiger partial charge in [-0.2, -0.15) is 0 Å². The van der Waals surface area contributed by atoms with E-state index in [1.54, 1.807) is 0 Å². The van der Waals surface area contributed by atoms with Gasteiger partial charge in [-0.25, -0.2) is 0 Å². The summed E-state index contributed by atoms with van der Waals surface area (Å²) in [5.74, 6) is 0.658. The summed E-state index contributed by atoms with van der Waals surface area (Å²) in [4.78, 5) is 10.8. The number of carbonyl (C=O) groups excluding carboxylic acids is 1. The third-order valence-electron chi connectivity index (χ3n) is 2.58. The van der Waals surface area contributed by atoms with Gasteiger partial charge in [0, 0.05) is 19.6 Å². The van der Waals surface area contributed by atoms with Gasteiger partial charge in [0.05, 0.1) is 6.61 Å². The fourth-order valence-electron chi connectivity index (χ4n) is 1.63. The number of hydrogen-bond acceptors (Lipinski definition) is 3. The predicted octanol–water partition coefficient (Wildman–Crippen LogP) is 2.15. The first-order chi connectivity index (χ1) is 6.83. The van der Waals surface area contributed by atoms with Crippen LogP contribution in [0.3, 0.4) is 0 Å². The second-order valence-corrected chi connectivity index (χ2v) is 3.80. The number of hydrogen-bond donors (Lipinski definition) is 0. The average Bonchev–Trinajstić information content (AvgIpc) is 2.69. The Balaban J connectivity index is 1.86. The molecular formula is C11H20O3. The molecule has 1 aliphatic rings. The van der Waals surface area contributed by atoms with Crippen molar-refractivity contribution in [3.63, 3.8) is 0 Å². The molecule has 0 amide bonds. The predicted molar refractivity (Wildman–Crippen MR) is 54.0 cm³/mol. The van der Waals surface area contributed by atoms with Gasteiger partial charge in [0.2, 0.25) is 0 Å². The van der Waals surface area contributed by atoms with Crippen LogP contribution in [0.15, 0.2) is 0 Å². The number of unbranched alkanes of at least 4 members (excludes halogenated alkanes) is 1. The summed E-state index contributed by atoms with van der Waals surface area (Å²) >= 11 is 0. The van der Waals surface area contributed by atoms with Crippen molar-refractivity contribution >= 4 is 5.97 Å². The van der Waals surface area contributed by atoms with E-state index in [1.807, 2.05) is 6.92 Å². The molecule has 0 aromatic carbocycles. The fraction of sp³-hybridized carbons (Fsp3) is 0.909. The standard InChI is InChI=1S/C11H20O3/c1-2-11(12)14-7-4-3-5-10-6-8-13-9-10/h10H,2-9H2,1H3. The highest BCUT2D eigenvalue weighted by Crippen LogP contribution is 2.18. The Morgan fingerprint density at radius 2 is 2.36 bits per heavy atom. The molecule has 1 unspecified atom stereocenters. The van der Waals surface area contributed by atoms with Crippen LogP contribution in [0.2, 0.25) is 0 Å². The van der Waals surface area contributed by atoms with Crippen molar-refractivity contribution < 1.29 is 14.3 Å². The van der Waals surface area contributed by atoms with E-state index >= 15 is 0 Å². The average molecular weight is 200 g/mol.